The fourth-order valence-electron chi connectivity index (χ4n) is 1.96. The van der Waals surface area contributed by atoms with Gasteiger partial charge in [-0.15, -0.1) is 0 Å². The molecule has 20 heavy (non-hydrogen) atoms. The van der Waals surface area contributed by atoms with Gasteiger partial charge in [0, 0.05) is 24.3 Å². The molecule has 0 saturated carbocycles. The highest BCUT2D eigenvalue weighted by Gasteiger charge is 2.27. The Kier molecular flexibility index (Phi) is 5.98. The third-order valence-corrected chi connectivity index (χ3v) is 5.18. The zero-order valence-corrected chi connectivity index (χ0v) is 12.9. The first-order valence-electron chi connectivity index (χ1n) is 6.79. The SMILES string of the molecule is CCC(CC)(CO)CNS(=O)(=O)Cc1ccccc1N. The maximum atomic E-state index is 12.1. The van der Waals surface area contributed by atoms with Crippen molar-refractivity contribution in [3.63, 3.8) is 0 Å². The summed E-state index contributed by atoms with van der Waals surface area (Å²) in [5, 5.41) is 9.45. The Labute approximate surface area is 121 Å². The van der Waals surface area contributed by atoms with Crippen LogP contribution in [0.1, 0.15) is 32.3 Å². The van der Waals surface area contributed by atoms with Crippen molar-refractivity contribution in [2.75, 3.05) is 18.9 Å². The van der Waals surface area contributed by atoms with Crippen LogP contribution in [0.2, 0.25) is 0 Å². The van der Waals surface area contributed by atoms with E-state index in [9.17, 15) is 13.5 Å². The zero-order valence-electron chi connectivity index (χ0n) is 12.1. The molecule has 0 aliphatic carbocycles. The van der Waals surface area contributed by atoms with E-state index in [-0.39, 0.29) is 18.9 Å². The Morgan fingerprint density at radius 3 is 2.35 bits per heavy atom. The molecule has 6 heteroatoms. The van der Waals surface area contributed by atoms with Gasteiger partial charge in [-0.05, 0) is 24.5 Å². The number of aliphatic hydroxyl groups excluding tert-OH is 1. The lowest BCUT2D eigenvalue weighted by Gasteiger charge is -2.29. The van der Waals surface area contributed by atoms with E-state index in [2.05, 4.69) is 4.72 Å². The van der Waals surface area contributed by atoms with Crippen LogP contribution in [0.4, 0.5) is 5.69 Å². The normalized spacial score (nSPS) is 12.6. The first kappa shape index (κ1) is 16.9. The topological polar surface area (TPSA) is 92.4 Å². The van der Waals surface area contributed by atoms with E-state index in [0.29, 0.717) is 11.3 Å². The van der Waals surface area contributed by atoms with Crippen LogP contribution in [-0.4, -0.2) is 26.7 Å². The summed E-state index contributed by atoms with van der Waals surface area (Å²) < 4.78 is 26.8. The van der Waals surface area contributed by atoms with Crippen molar-refractivity contribution in [2.45, 2.75) is 32.4 Å². The van der Waals surface area contributed by atoms with Gasteiger partial charge < -0.3 is 10.8 Å². The van der Waals surface area contributed by atoms with Crippen LogP contribution in [0.25, 0.3) is 0 Å². The van der Waals surface area contributed by atoms with Crippen molar-refractivity contribution in [1.29, 1.82) is 0 Å². The van der Waals surface area contributed by atoms with Crippen molar-refractivity contribution >= 4 is 15.7 Å². The maximum absolute atomic E-state index is 12.1. The van der Waals surface area contributed by atoms with E-state index in [1.165, 1.54) is 0 Å². The zero-order chi connectivity index (χ0) is 15.2. The lowest BCUT2D eigenvalue weighted by Crippen LogP contribution is -2.39. The molecule has 1 rings (SSSR count). The summed E-state index contributed by atoms with van der Waals surface area (Å²) in [7, 11) is -3.46. The number of rotatable bonds is 8. The molecule has 0 aliphatic heterocycles. The van der Waals surface area contributed by atoms with Gasteiger partial charge in [0.2, 0.25) is 10.0 Å². The number of nitrogens with two attached hydrogens (primary N) is 1. The van der Waals surface area contributed by atoms with Crippen molar-refractivity contribution in [2.24, 2.45) is 5.41 Å². The van der Waals surface area contributed by atoms with Crippen LogP contribution >= 0.6 is 0 Å². The molecule has 0 unspecified atom stereocenters. The molecule has 1 aromatic carbocycles. The molecule has 0 aromatic heterocycles. The molecule has 0 saturated heterocycles. The molecule has 0 bridgehead atoms. The van der Waals surface area contributed by atoms with Gasteiger partial charge >= 0.3 is 0 Å². The number of aliphatic hydroxyl groups is 1. The number of sulfonamides is 1. The Bertz CT molecular complexity index is 517. The third-order valence-electron chi connectivity index (χ3n) is 3.90. The van der Waals surface area contributed by atoms with Crippen molar-refractivity contribution < 1.29 is 13.5 Å². The van der Waals surface area contributed by atoms with Crippen LogP contribution in [0.5, 0.6) is 0 Å². The van der Waals surface area contributed by atoms with Crippen molar-refractivity contribution in [3.8, 4) is 0 Å². The number of anilines is 1. The smallest absolute Gasteiger partial charge is 0.215 e. The molecule has 114 valence electrons. The van der Waals surface area contributed by atoms with Crippen LogP contribution in [0.15, 0.2) is 24.3 Å². The first-order chi connectivity index (χ1) is 9.38. The summed E-state index contributed by atoms with van der Waals surface area (Å²) in [6, 6.07) is 6.91. The monoisotopic (exact) mass is 300 g/mol. The third kappa shape index (κ3) is 4.47. The summed E-state index contributed by atoms with van der Waals surface area (Å²) >= 11 is 0. The Morgan fingerprint density at radius 1 is 1.25 bits per heavy atom. The molecule has 0 fully saturated rings. The average Bonchev–Trinajstić information content (AvgIpc) is 2.43. The molecule has 1 aromatic rings. The second-order valence-corrected chi connectivity index (χ2v) is 6.95. The predicted octanol–water partition coefficient (Wildman–Crippen LogP) is 1.49. The number of nitrogen functional groups attached to an aromatic ring is 1. The number of nitrogens with one attached hydrogen (secondary N) is 1. The highest BCUT2D eigenvalue weighted by atomic mass is 32.2. The Morgan fingerprint density at radius 2 is 1.85 bits per heavy atom. The summed E-state index contributed by atoms with van der Waals surface area (Å²) in [6.45, 7) is 4.11. The van der Waals surface area contributed by atoms with Gasteiger partial charge in [-0.1, -0.05) is 32.0 Å². The second-order valence-electron chi connectivity index (χ2n) is 5.14. The molecule has 0 heterocycles. The van der Waals surface area contributed by atoms with Gasteiger partial charge in [-0.25, -0.2) is 13.1 Å². The minimum absolute atomic E-state index is 0.0318. The largest absolute Gasteiger partial charge is 0.398 e. The molecule has 0 amide bonds. The summed E-state index contributed by atoms with van der Waals surface area (Å²) in [4.78, 5) is 0. The molecule has 0 spiro atoms. The highest BCUT2D eigenvalue weighted by Crippen LogP contribution is 2.25. The molecule has 4 N–H and O–H groups in total. The molecular formula is C14H24N2O3S. The van der Waals surface area contributed by atoms with Gasteiger partial charge in [0.05, 0.1) is 5.75 Å². The minimum atomic E-state index is -3.46. The lowest BCUT2D eigenvalue weighted by atomic mass is 9.84. The van der Waals surface area contributed by atoms with Crippen LogP contribution < -0.4 is 10.5 Å². The fraction of sp³-hybridized carbons (Fsp3) is 0.571. The van der Waals surface area contributed by atoms with Gasteiger partial charge in [0.1, 0.15) is 0 Å². The van der Waals surface area contributed by atoms with E-state index in [0.717, 1.165) is 12.8 Å². The quantitative estimate of drug-likeness (QED) is 0.634. The minimum Gasteiger partial charge on any atom is -0.398 e. The van der Waals surface area contributed by atoms with Crippen molar-refractivity contribution in [1.82, 2.24) is 4.72 Å². The van der Waals surface area contributed by atoms with Crippen molar-refractivity contribution in [3.05, 3.63) is 29.8 Å². The van der Waals surface area contributed by atoms with Crippen LogP contribution in [-0.2, 0) is 15.8 Å². The van der Waals surface area contributed by atoms with E-state index in [1.54, 1.807) is 24.3 Å². The van der Waals surface area contributed by atoms with Gasteiger partial charge in [0.15, 0.2) is 0 Å². The molecule has 0 radical (unpaired) electrons. The molecular weight excluding hydrogens is 276 g/mol. The summed E-state index contributed by atoms with van der Waals surface area (Å²) in [5.74, 6) is -0.144. The fourth-order valence-corrected chi connectivity index (χ4v) is 3.26. The number of para-hydroxylation sites is 1. The van der Waals surface area contributed by atoms with E-state index in [1.807, 2.05) is 13.8 Å². The summed E-state index contributed by atoms with van der Waals surface area (Å²) in [5.41, 5.74) is 6.42. The number of benzene rings is 1. The van der Waals surface area contributed by atoms with Crippen LogP contribution in [0, 0.1) is 5.41 Å². The van der Waals surface area contributed by atoms with E-state index >= 15 is 0 Å². The number of hydrogen-bond acceptors (Lipinski definition) is 4. The van der Waals surface area contributed by atoms with Gasteiger partial charge in [0.25, 0.3) is 0 Å². The lowest BCUT2D eigenvalue weighted by molar-refractivity contribution is 0.119. The van der Waals surface area contributed by atoms with E-state index < -0.39 is 15.4 Å². The standard InChI is InChI=1S/C14H24N2O3S/c1-3-14(4-2,11-17)10-16-20(18,19)9-12-7-5-6-8-13(12)15/h5-8,16-17H,3-4,9-11,15H2,1-2H3. The average molecular weight is 300 g/mol. The predicted molar refractivity (Wildman–Crippen MR) is 81.6 cm³/mol. The molecule has 5 nitrogen and oxygen atoms in total. The Balaban J connectivity index is 2.74. The highest BCUT2D eigenvalue weighted by molar-refractivity contribution is 7.88. The maximum Gasteiger partial charge on any atom is 0.215 e. The van der Waals surface area contributed by atoms with Crippen LogP contribution in [0.3, 0.4) is 0 Å². The van der Waals surface area contributed by atoms with Gasteiger partial charge in [-0.2, -0.15) is 0 Å². The molecule has 0 atom stereocenters. The van der Waals surface area contributed by atoms with Gasteiger partial charge in [-0.3, -0.25) is 0 Å². The molecule has 0 aliphatic rings. The second kappa shape index (κ2) is 7.06. The first-order valence-corrected chi connectivity index (χ1v) is 8.45. The number of hydrogen-bond donors (Lipinski definition) is 3. The summed E-state index contributed by atoms with van der Waals surface area (Å²) in [6.07, 6.45) is 1.44. The Hall–Kier alpha value is -1.11. The van der Waals surface area contributed by atoms with E-state index in [4.69, 9.17) is 5.73 Å².